The molecule has 1 amide bonds. The van der Waals surface area contributed by atoms with Crippen LogP contribution >= 0.6 is 0 Å². The summed E-state index contributed by atoms with van der Waals surface area (Å²) in [5.41, 5.74) is 0.898. The Morgan fingerprint density at radius 1 is 1.56 bits per heavy atom. The average Bonchev–Trinajstić information content (AvgIpc) is 2.17. The van der Waals surface area contributed by atoms with Crippen LogP contribution in [0.3, 0.4) is 0 Å². The minimum Gasteiger partial charge on any atom is -0.520 e. The standard InChI is InChI=1S/C11H16NO3.Fm/c1-3-5-9(6-4-2)7-10(11(14)15)12-8-13;/h3,5-6,10H,4,7H2,1-2H3,(H,12,13)(H,14,15);/q-1;/b5-3-,9-6+;. The number of nitrogens with one attached hydrogen (secondary N) is 1. The summed E-state index contributed by atoms with van der Waals surface area (Å²) in [6, 6.07) is -0.906. The van der Waals surface area contributed by atoms with Gasteiger partial charge in [0.15, 0.2) is 0 Å². The predicted molar refractivity (Wildman–Crippen MR) is 58.1 cm³/mol. The zero-order chi connectivity index (χ0) is 11.7. The van der Waals surface area contributed by atoms with E-state index in [1.165, 1.54) is 6.41 Å². The fourth-order valence-corrected chi connectivity index (χ4v) is 1.20. The molecule has 0 heterocycles. The molecular weight excluding hydrogens is 451 g/mol. The van der Waals surface area contributed by atoms with Crippen LogP contribution in [0.15, 0.2) is 23.8 Å². The van der Waals surface area contributed by atoms with Gasteiger partial charge in [0.05, 0.1) is 0 Å². The van der Waals surface area contributed by atoms with E-state index < -0.39 is 12.0 Å². The summed E-state index contributed by atoms with van der Waals surface area (Å²) >= 11 is 0. The number of carbonyl (C=O) groups excluding carboxylic acids is 1. The fraction of sp³-hybridized carbons (Fsp3) is 0.455. The topological polar surface area (TPSA) is 66.4 Å². The zero-order valence-corrected chi connectivity index (χ0v) is 11.7. The molecule has 0 aromatic rings. The van der Waals surface area contributed by atoms with Gasteiger partial charge < -0.3 is 15.2 Å². The second-order valence-corrected chi connectivity index (χ2v) is 3.03. The van der Waals surface area contributed by atoms with Crippen LogP contribution in [0, 0.1) is 0 Å². The molecule has 1 unspecified atom stereocenters. The van der Waals surface area contributed by atoms with Crippen LogP contribution in [0.25, 0.3) is 0 Å². The van der Waals surface area contributed by atoms with Crippen LogP contribution in [0.5, 0.6) is 0 Å². The number of hydrogen-bond donors (Lipinski definition) is 2. The molecule has 0 radical (unpaired) electrons. The van der Waals surface area contributed by atoms with E-state index in [0.29, 0.717) is 0 Å². The molecule has 1 atom stereocenters. The third-order valence-corrected chi connectivity index (χ3v) is 1.82. The Bertz CT molecular complexity index is 274. The van der Waals surface area contributed by atoms with Gasteiger partial charge in [-0.2, -0.15) is 6.41 Å². The van der Waals surface area contributed by atoms with Gasteiger partial charge >= 0.3 is 5.97 Å². The van der Waals surface area contributed by atoms with Crippen molar-refractivity contribution in [1.82, 2.24) is 5.32 Å². The van der Waals surface area contributed by atoms with Crippen LogP contribution in [-0.2, 0) is 9.59 Å². The maximum absolute atomic E-state index is 10.7. The second kappa shape index (κ2) is 8.99. The molecule has 0 saturated heterocycles. The number of allylic oxidation sites excluding steroid dienone is 3. The van der Waals surface area contributed by atoms with E-state index >= 15 is 0 Å². The number of carboxylic acids is 1. The summed E-state index contributed by atoms with van der Waals surface area (Å²) in [6.45, 7) is 3.83. The summed E-state index contributed by atoms with van der Waals surface area (Å²) in [6.07, 6.45) is 8.13. The molecule has 0 spiro atoms. The maximum atomic E-state index is 10.7. The largest absolute Gasteiger partial charge is 0.520 e. The van der Waals surface area contributed by atoms with E-state index in [1.807, 2.05) is 32.1 Å². The Balaban J connectivity index is 0. The fourth-order valence-electron chi connectivity index (χ4n) is 1.20. The monoisotopic (exact) mass is 467 g/mol. The summed E-state index contributed by atoms with van der Waals surface area (Å²) in [5.74, 6) is -1.05. The van der Waals surface area contributed by atoms with Gasteiger partial charge in [-0.05, 0) is 18.9 Å². The first-order valence-corrected chi connectivity index (χ1v) is 4.82. The molecule has 5 heteroatoms. The number of rotatable bonds is 7. The third-order valence-electron chi connectivity index (χ3n) is 1.82. The molecule has 0 aliphatic carbocycles. The van der Waals surface area contributed by atoms with Crippen molar-refractivity contribution >= 4 is 12.4 Å². The smallest absolute Gasteiger partial charge is 0.323 e. The third kappa shape index (κ3) is 5.96. The number of aliphatic carboxylic acids is 1. The van der Waals surface area contributed by atoms with E-state index in [2.05, 4.69) is 5.32 Å². The Morgan fingerprint density at radius 2 is 2.19 bits per heavy atom. The first-order chi connectivity index (χ1) is 7.15. The van der Waals surface area contributed by atoms with Crippen molar-refractivity contribution in [2.75, 3.05) is 0 Å². The van der Waals surface area contributed by atoms with Crippen molar-refractivity contribution < 1.29 is 14.7 Å². The molecule has 0 aliphatic heterocycles. The molecule has 0 rings (SSSR count). The molecule has 96 valence electrons. The predicted octanol–water partition coefficient (Wildman–Crippen LogP) is 1.40. The van der Waals surface area contributed by atoms with Gasteiger partial charge in [0, 0.05) is 6.42 Å². The summed E-state index contributed by atoms with van der Waals surface area (Å²) in [4.78, 5) is 20.8. The van der Waals surface area contributed by atoms with Crippen molar-refractivity contribution in [2.45, 2.75) is 32.7 Å². The number of carboxylic acid groups (broad SMARTS) is 1. The van der Waals surface area contributed by atoms with Crippen molar-refractivity contribution in [3.05, 3.63) is 23.8 Å². The average molecular weight is 467 g/mol. The van der Waals surface area contributed by atoms with E-state index in [4.69, 9.17) is 5.11 Å². The molecule has 0 aliphatic rings. The minimum atomic E-state index is -1.05. The Morgan fingerprint density at radius 3 is 2.56 bits per heavy atom. The van der Waals surface area contributed by atoms with Crippen molar-refractivity contribution in [1.29, 1.82) is 0 Å². The van der Waals surface area contributed by atoms with Gasteiger partial charge in [-0.1, -0.05) is 25.2 Å². The van der Waals surface area contributed by atoms with Gasteiger partial charge in [0.2, 0.25) is 0 Å². The Hall–Kier alpha value is -2.58. The normalized spacial score (nSPS) is 13.0. The number of carbonyl (C=O) groups is 1. The number of amides is 1. The van der Waals surface area contributed by atoms with Gasteiger partial charge in [-0.25, -0.2) is 0 Å². The first kappa shape index (κ1) is 15.9. The van der Waals surface area contributed by atoms with E-state index in [9.17, 15) is 9.59 Å². The van der Waals surface area contributed by atoms with Crippen molar-refractivity contribution in [2.24, 2.45) is 0 Å². The van der Waals surface area contributed by atoms with Crippen LogP contribution in [0.4, 0.5) is 0 Å². The quantitative estimate of drug-likeness (QED) is 0.338. The van der Waals surface area contributed by atoms with Gasteiger partial charge in [-0.15, -0.1) is 0 Å². The summed E-state index contributed by atoms with van der Waals surface area (Å²) < 4.78 is 0. The van der Waals surface area contributed by atoms with E-state index in [0.717, 1.165) is 12.0 Å². The molecule has 2 N–H and O–H groups in total. The summed E-state index contributed by atoms with van der Waals surface area (Å²) in [5, 5.41) is 10.9. The summed E-state index contributed by atoms with van der Waals surface area (Å²) in [7, 11) is 0. The maximum Gasteiger partial charge on any atom is 0.323 e. The molecule has 0 aromatic heterocycles. The van der Waals surface area contributed by atoms with Crippen LogP contribution < -0.4 is 5.32 Å². The SMILES string of the molecule is C/C=C\C(=C/CC)CC(N[C-]=O)C(=O)O.[Fm]. The Kier molecular flexibility index (Phi) is 8.92. The van der Waals surface area contributed by atoms with Crippen LogP contribution in [0.2, 0.25) is 0 Å². The van der Waals surface area contributed by atoms with Gasteiger partial charge in [0.1, 0.15) is 6.04 Å². The van der Waals surface area contributed by atoms with Crippen molar-refractivity contribution in [3.8, 4) is 0 Å². The second-order valence-electron chi connectivity index (χ2n) is 3.03. The van der Waals surface area contributed by atoms with Gasteiger partial charge in [-0.3, -0.25) is 4.79 Å². The van der Waals surface area contributed by atoms with E-state index in [1.54, 1.807) is 0 Å². The van der Waals surface area contributed by atoms with Gasteiger partial charge in [0.25, 0.3) is 0 Å². The molecule has 0 bridgehead atoms. The molecule has 0 aromatic carbocycles. The van der Waals surface area contributed by atoms with E-state index in [-0.39, 0.29) is 6.42 Å². The zero-order valence-electron chi connectivity index (χ0n) is 9.28. The molecule has 4 nitrogen and oxygen atoms in total. The Labute approximate surface area is 89.7 Å². The first-order valence-electron chi connectivity index (χ1n) is 4.82. The van der Waals surface area contributed by atoms with Crippen LogP contribution in [0.1, 0.15) is 26.7 Å². The van der Waals surface area contributed by atoms with Crippen molar-refractivity contribution in [3.63, 3.8) is 0 Å². The van der Waals surface area contributed by atoms with Crippen LogP contribution in [-0.4, -0.2) is 23.5 Å². The molecule has 16 heavy (non-hydrogen) atoms. The number of hydrogen-bond acceptors (Lipinski definition) is 2. The minimum absolute atomic E-state index is 0. The molecule has 0 saturated carbocycles. The molecular formula is C11H16FmNO3-. The molecule has 0 fully saturated rings.